The number of aromatic amines is 1. The van der Waals surface area contributed by atoms with Crippen molar-refractivity contribution in [3.8, 4) is 11.3 Å². The lowest BCUT2D eigenvalue weighted by Gasteiger charge is -2.05. The van der Waals surface area contributed by atoms with Crippen LogP contribution in [0, 0.1) is 10.1 Å². The van der Waals surface area contributed by atoms with Gasteiger partial charge in [0.1, 0.15) is 5.02 Å². The molecule has 0 spiro atoms. The number of nitrogens with zero attached hydrogens (tertiary/aromatic N) is 2. The van der Waals surface area contributed by atoms with Gasteiger partial charge in [-0.1, -0.05) is 23.2 Å². The van der Waals surface area contributed by atoms with Crippen LogP contribution in [0.5, 0.6) is 0 Å². The summed E-state index contributed by atoms with van der Waals surface area (Å²) in [6.45, 7) is 0. The second kappa shape index (κ2) is 4.75. The lowest BCUT2D eigenvalue weighted by Crippen LogP contribution is -2.06. The maximum Gasteiger partial charge on any atom is 0.288 e. The summed E-state index contributed by atoms with van der Waals surface area (Å²) in [6.07, 6.45) is 0. The Morgan fingerprint density at radius 2 is 1.94 bits per heavy atom. The number of nitrogens with one attached hydrogen (secondary N) is 1. The summed E-state index contributed by atoms with van der Waals surface area (Å²) in [6, 6.07) is 5.18. The summed E-state index contributed by atoms with van der Waals surface area (Å²) < 4.78 is 0. The molecule has 8 heteroatoms. The smallest absolute Gasteiger partial charge is 0.268 e. The van der Waals surface area contributed by atoms with Crippen molar-refractivity contribution in [1.82, 2.24) is 10.2 Å². The van der Waals surface area contributed by atoms with Crippen LogP contribution in [0.15, 0.2) is 29.1 Å². The van der Waals surface area contributed by atoms with Gasteiger partial charge in [-0.05, 0) is 12.1 Å². The van der Waals surface area contributed by atoms with Crippen LogP contribution in [0.2, 0.25) is 10.0 Å². The minimum atomic E-state index is -0.617. The largest absolute Gasteiger partial charge is 0.288 e. The van der Waals surface area contributed by atoms with Crippen molar-refractivity contribution in [3.63, 3.8) is 0 Å². The summed E-state index contributed by atoms with van der Waals surface area (Å²) in [7, 11) is 0. The first-order chi connectivity index (χ1) is 8.50. The third kappa shape index (κ3) is 2.20. The van der Waals surface area contributed by atoms with Crippen LogP contribution in [-0.4, -0.2) is 15.1 Å². The van der Waals surface area contributed by atoms with Crippen molar-refractivity contribution in [3.05, 3.63) is 54.8 Å². The van der Waals surface area contributed by atoms with Gasteiger partial charge >= 0.3 is 0 Å². The standard InChI is InChI=1S/C10H5Cl2N3O3/c11-5-1-3-7(15(17)18)10(12)9(5)6-2-4-8(16)14-13-6/h1-4H,(H,14,16). The Labute approximate surface area is 110 Å². The normalized spacial score (nSPS) is 10.3. The van der Waals surface area contributed by atoms with Gasteiger partial charge in [0, 0.05) is 17.7 Å². The van der Waals surface area contributed by atoms with E-state index in [-0.39, 0.29) is 27.0 Å². The highest BCUT2D eigenvalue weighted by Gasteiger charge is 2.20. The lowest BCUT2D eigenvalue weighted by molar-refractivity contribution is -0.384. The Bertz CT molecular complexity index is 664. The van der Waals surface area contributed by atoms with Crippen LogP contribution in [0.1, 0.15) is 0 Å². The zero-order valence-corrected chi connectivity index (χ0v) is 10.2. The SMILES string of the molecule is O=c1ccc(-c2c(Cl)ccc([N+](=O)[O-])c2Cl)n[nH]1. The van der Waals surface area contributed by atoms with Crippen molar-refractivity contribution in [1.29, 1.82) is 0 Å². The predicted octanol–water partition coefficient (Wildman–Crippen LogP) is 2.65. The third-order valence-electron chi connectivity index (χ3n) is 2.20. The zero-order chi connectivity index (χ0) is 13.3. The average Bonchev–Trinajstić information content (AvgIpc) is 2.31. The number of nitro benzene ring substituents is 1. The van der Waals surface area contributed by atoms with E-state index in [9.17, 15) is 14.9 Å². The van der Waals surface area contributed by atoms with Crippen LogP contribution in [0.25, 0.3) is 11.3 Å². The highest BCUT2D eigenvalue weighted by Crippen LogP contribution is 2.38. The quantitative estimate of drug-likeness (QED) is 0.678. The van der Waals surface area contributed by atoms with E-state index in [1.54, 1.807) is 0 Å². The van der Waals surface area contributed by atoms with Crippen molar-refractivity contribution in [2.45, 2.75) is 0 Å². The monoisotopic (exact) mass is 285 g/mol. The topological polar surface area (TPSA) is 88.9 Å². The molecule has 0 atom stereocenters. The molecule has 1 aromatic heterocycles. The lowest BCUT2D eigenvalue weighted by atomic mass is 10.1. The highest BCUT2D eigenvalue weighted by molar-refractivity contribution is 6.40. The molecule has 0 bridgehead atoms. The van der Waals surface area contributed by atoms with E-state index < -0.39 is 10.5 Å². The molecular formula is C10H5Cl2N3O3. The summed E-state index contributed by atoms with van der Waals surface area (Å²) >= 11 is 11.9. The molecule has 0 aliphatic rings. The van der Waals surface area contributed by atoms with Gasteiger partial charge in [-0.25, -0.2) is 5.10 Å². The van der Waals surface area contributed by atoms with Gasteiger partial charge < -0.3 is 0 Å². The molecule has 1 heterocycles. The van der Waals surface area contributed by atoms with Crippen molar-refractivity contribution >= 4 is 28.9 Å². The molecular weight excluding hydrogens is 281 g/mol. The molecule has 1 N–H and O–H groups in total. The van der Waals surface area contributed by atoms with E-state index in [2.05, 4.69) is 10.2 Å². The number of nitro groups is 1. The van der Waals surface area contributed by atoms with Gasteiger partial charge in [-0.15, -0.1) is 0 Å². The fraction of sp³-hybridized carbons (Fsp3) is 0. The predicted molar refractivity (Wildman–Crippen MR) is 67.0 cm³/mol. The molecule has 18 heavy (non-hydrogen) atoms. The first-order valence-corrected chi connectivity index (χ1v) is 5.45. The van der Waals surface area contributed by atoms with Crippen LogP contribution in [0.4, 0.5) is 5.69 Å². The van der Waals surface area contributed by atoms with E-state index in [1.807, 2.05) is 0 Å². The number of hydrogen-bond donors (Lipinski definition) is 1. The first kappa shape index (κ1) is 12.5. The molecule has 92 valence electrons. The Morgan fingerprint density at radius 3 is 2.50 bits per heavy atom. The summed E-state index contributed by atoms with van der Waals surface area (Å²) in [4.78, 5) is 21.1. The molecule has 1 aromatic carbocycles. The highest BCUT2D eigenvalue weighted by atomic mass is 35.5. The zero-order valence-electron chi connectivity index (χ0n) is 8.68. The molecule has 0 fully saturated rings. The molecule has 0 aliphatic carbocycles. The maximum atomic E-state index is 10.9. The molecule has 0 saturated carbocycles. The van der Waals surface area contributed by atoms with Gasteiger partial charge in [0.05, 0.1) is 15.6 Å². The molecule has 0 saturated heterocycles. The second-order valence-corrected chi connectivity index (χ2v) is 4.10. The van der Waals surface area contributed by atoms with Gasteiger partial charge in [0.25, 0.3) is 11.2 Å². The van der Waals surface area contributed by atoms with Crippen LogP contribution < -0.4 is 5.56 Å². The number of aromatic nitrogens is 2. The molecule has 0 radical (unpaired) electrons. The number of halogens is 2. The van der Waals surface area contributed by atoms with Crippen LogP contribution in [-0.2, 0) is 0 Å². The summed E-state index contributed by atoms with van der Waals surface area (Å²) in [5.41, 5.74) is -0.197. The molecule has 0 amide bonds. The maximum absolute atomic E-state index is 10.9. The second-order valence-electron chi connectivity index (χ2n) is 3.32. The third-order valence-corrected chi connectivity index (χ3v) is 2.90. The number of H-pyrrole nitrogens is 1. The molecule has 0 aliphatic heterocycles. The Kier molecular flexibility index (Phi) is 3.31. The molecule has 0 unspecified atom stereocenters. The Hall–Kier alpha value is -1.92. The fourth-order valence-corrected chi connectivity index (χ4v) is 2.03. The van der Waals surface area contributed by atoms with E-state index in [0.29, 0.717) is 0 Å². The molecule has 2 aromatic rings. The molecule has 2 rings (SSSR count). The fourth-order valence-electron chi connectivity index (χ4n) is 1.40. The minimum absolute atomic E-state index is 0.118. The number of hydrogen-bond acceptors (Lipinski definition) is 4. The van der Waals surface area contributed by atoms with Gasteiger partial charge in [-0.2, -0.15) is 5.10 Å². The average molecular weight is 286 g/mol. The van der Waals surface area contributed by atoms with Gasteiger partial charge in [0.15, 0.2) is 0 Å². The minimum Gasteiger partial charge on any atom is -0.268 e. The van der Waals surface area contributed by atoms with Gasteiger partial charge in [-0.3, -0.25) is 14.9 Å². The Balaban J connectivity index is 2.70. The van der Waals surface area contributed by atoms with E-state index >= 15 is 0 Å². The van der Waals surface area contributed by atoms with Crippen molar-refractivity contribution < 1.29 is 4.92 Å². The van der Waals surface area contributed by atoms with E-state index in [0.717, 1.165) is 0 Å². The number of rotatable bonds is 2. The van der Waals surface area contributed by atoms with Gasteiger partial charge in [0.2, 0.25) is 0 Å². The summed E-state index contributed by atoms with van der Waals surface area (Å²) in [5.74, 6) is 0. The van der Waals surface area contributed by atoms with Crippen molar-refractivity contribution in [2.24, 2.45) is 0 Å². The molecule has 6 nitrogen and oxygen atoms in total. The van der Waals surface area contributed by atoms with E-state index in [4.69, 9.17) is 23.2 Å². The first-order valence-electron chi connectivity index (χ1n) is 4.69. The summed E-state index contributed by atoms with van der Waals surface area (Å²) in [5, 5.41) is 16.8. The van der Waals surface area contributed by atoms with Crippen LogP contribution >= 0.6 is 23.2 Å². The van der Waals surface area contributed by atoms with Crippen molar-refractivity contribution in [2.75, 3.05) is 0 Å². The van der Waals surface area contributed by atoms with E-state index in [1.165, 1.54) is 24.3 Å². The number of benzene rings is 1. The Morgan fingerprint density at radius 1 is 1.22 bits per heavy atom. The van der Waals surface area contributed by atoms with Crippen LogP contribution in [0.3, 0.4) is 0 Å².